The summed E-state index contributed by atoms with van der Waals surface area (Å²) in [6.07, 6.45) is 2.50. The van der Waals surface area contributed by atoms with Gasteiger partial charge in [0.25, 0.3) is 0 Å². The van der Waals surface area contributed by atoms with Crippen LogP contribution in [0.4, 0.5) is 0 Å². The van der Waals surface area contributed by atoms with Crippen LogP contribution in [0.3, 0.4) is 0 Å². The number of rotatable bonds is 6. The SMILES string of the molecule is CC(C)c1ccc(CCN(C)CC2CCNC2)cc1. The first-order chi connectivity index (χ1) is 9.15. The van der Waals surface area contributed by atoms with Gasteiger partial charge < -0.3 is 10.2 Å². The summed E-state index contributed by atoms with van der Waals surface area (Å²) in [6.45, 7) is 9.30. The average Bonchev–Trinajstić information content (AvgIpc) is 2.89. The lowest BCUT2D eigenvalue weighted by Crippen LogP contribution is -2.28. The van der Waals surface area contributed by atoms with E-state index < -0.39 is 0 Å². The van der Waals surface area contributed by atoms with Gasteiger partial charge >= 0.3 is 0 Å². The van der Waals surface area contributed by atoms with Crippen LogP contribution in [0.25, 0.3) is 0 Å². The number of likely N-dealkylation sites (N-methyl/N-ethyl adjacent to an activating group) is 1. The van der Waals surface area contributed by atoms with Crippen LogP contribution in [0.5, 0.6) is 0 Å². The predicted octanol–water partition coefficient (Wildman–Crippen LogP) is 2.89. The molecule has 2 rings (SSSR count). The summed E-state index contributed by atoms with van der Waals surface area (Å²) in [5, 5.41) is 3.44. The van der Waals surface area contributed by atoms with E-state index >= 15 is 0 Å². The lowest BCUT2D eigenvalue weighted by Gasteiger charge is -2.20. The van der Waals surface area contributed by atoms with E-state index in [-0.39, 0.29) is 0 Å². The van der Waals surface area contributed by atoms with Crippen molar-refractivity contribution in [2.45, 2.75) is 32.6 Å². The van der Waals surface area contributed by atoms with Crippen molar-refractivity contribution in [3.8, 4) is 0 Å². The Hall–Kier alpha value is -0.860. The van der Waals surface area contributed by atoms with Crippen molar-refractivity contribution in [1.82, 2.24) is 10.2 Å². The van der Waals surface area contributed by atoms with E-state index in [0.717, 1.165) is 18.9 Å². The Morgan fingerprint density at radius 2 is 2.00 bits per heavy atom. The summed E-state index contributed by atoms with van der Waals surface area (Å²) in [5.74, 6) is 1.49. The van der Waals surface area contributed by atoms with Crippen LogP contribution < -0.4 is 5.32 Å². The predicted molar refractivity (Wildman–Crippen MR) is 82.7 cm³/mol. The molecule has 1 atom stereocenters. The molecule has 2 heteroatoms. The van der Waals surface area contributed by atoms with Gasteiger partial charge in [0.2, 0.25) is 0 Å². The molecule has 0 aromatic heterocycles. The topological polar surface area (TPSA) is 15.3 Å². The van der Waals surface area contributed by atoms with Crippen LogP contribution in [0.2, 0.25) is 0 Å². The second kappa shape index (κ2) is 7.06. The maximum Gasteiger partial charge on any atom is 0.00193 e. The molecule has 0 bridgehead atoms. The number of hydrogen-bond acceptors (Lipinski definition) is 2. The molecule has 1 unspecified atom stereocenters. The van der Waals surface area contributed by atoms with E-state index in [1.807, 2.05) is 0 Å². The molecule has 1 heterocycles. The molecule has 1 N–H and O–H groups in total. The fourth-order valence-corrected chi connectivity index (χ4v) is 2.79. The molecule has 0 saturated carbocycles. The summed E-state index contributed by atoms with van der Waals surface area (Å²) in [4.78, 5) is 2.48. The van der Waals surface area contributed by atoms with Gasteiger partial charge in [-0.15, -0.1) is 0 Å². The fourth-order valence-electron chi connectivity index (χ4n) is 2.79. The van der Waals surface area contributed by atoms with Gasteiger partial charge in [0, 0.05) is 13.1 Å². The van der Waals surface area contributed by atoms with Gasteiger partial charge in [-0.25, -0.2) is 0 Å². The molecule has 1 aliphatic rings. The van der Waals surface area contributed by atoms with Gasteiger partial charge in [-0.05, 0) is 55.9 Å². The molecule has 19 heavy (non-hydrogen) atoms. The van der Waals surface area contributed by atoms with Gasteiger partial charge in [-0.3, -0.25) is 0 Å². The third kappa shape index (κ3) is 4.63. The van der Waals surface area contributed by atoms with Crippen LogP contribution in [0.1, 0.15) is 37.3 Å². The third-order valence-electron chi connectivity index (χ3n) is 4.16. The van der Waals surface area contributed by atoms with E-state index in [1.165, 1.54) is 37.2 Å². The minimum absolute atomic E-state index is 0.631. The lowest BCUT2D eigenvalue weighted by molar-refractivity contribution is 0.288. The first-order valence-corrected chi connectivity index (χ1v) is 7.63. The molecular formula is C17H28N2. The molecule has 1 saturated heterocycles. The van der Waals surface area contributed by atoms with Crippen LogP contribution in [0.15, 0.2) is 24.3 Å². The summed E-state index contributed by atoms with van der Waals surface area (Å²) >= 11 is 0. The third-order valence-corrected chi connectivity index (χ3v) is 4.16. The molecule has 106 valence electrons. The molecule has 0 radical (unpaired) electrons. The largest absolute Gasteiger partial charge is 0.316 e. The zero-order valence-electron chi connectivity index (χ0n) is 12.7. The van der Waals surface area contributed by atoms with E-state index in [2.05, 4.69) is 55.4 Å². The summed E-state index contributed by atoms with van der Waals surface area (Å²) in [6, 6.07) is 9.14. The van der Waals surface area contributed by atoms with Gasteiger partial charge in [0.05, 0.1) is 0 Å². The zero-order chi connectivity index (χ0) is 13.7. The second-order valence-electron chi connectivity index (χ2n) is 6.27. The lowest BCUT2D eigenvalue weighted by atomic mass is 10.0. The molecule has 2 nitrogen and oxygen atoms in total. The highest BCUT2D eigenvalue weighted by atomic mass is 15.1. The van der Waals surface area contributed by atoms with Crippen molar-refractivity contribution in [2.75, 3.05) is 33.2 Å². The maximum absolute atomic E-state index is 3.44. The second-order valence-corrected chi connectivity index (χ2v) is 6.27. The van der Waals surface area contributed by atoms with Crippen molar-refractivity contribution < 1.29 is 0 Å². The van der Waals surface area contributed by atoms with Crippen molar-refractivity contribution >= 4 is 0 Å². The normalized spacial score (nSPS) is 19.5. The zero-order valence-corrected chi connectivity index (χ0v) is 12.7. The van der Waals surface area contributed by atoms with Crippen LogP contribution in [-0.4, -0.2) is 38.1 Å². The Labute approximate surface area is 118 Å². The highest BCUT2D eigenvalue weighted by Crippen LogP contribution is 2.15. The average molecular weight is 260 g/mol. The van der Waals surface area contributed by atoms with E-state index in [0.29, 0.717) is 5.92 Å². The van der Waals surface area contributed by atoms with E-state index in [1.54, 1.807) is 0 Å². The van der Waals surface area contributed by atoms with Gasteiger partial charge in [-0.1, -0.05) is 38.1 Å². The van der Waals surface area contributed by atoms with Crippen molar-refractivity contribution in [2.24, 2.45) is 5.92 Å². The highest BCUT2D eigenvalue weighted by molar-refractivity contribution is 5.24. The maximum atomic E-state index is 3.44. The first kappa shape index (κ1) is 14.5. The molecule has 1 aromatic rings. The van der Waals surface area contributed by atoms with Crippen LogP contribution in [-0.2, 0) is 6.42 Å². The summed E-state index contributed by atoms with van der Waals surface area (Å²) < 4.78 is 0. The van der Waals surface area contributed by atoms with Gasteiger partial charge in [0.15, 0.2) is 0 Å². The Kier molecular flexibility index (Phi) is 5.41. The number of benzene rings is 1. The van der Waals surface area contributed by atoms with Gasteiger partial charge in [0.1, 0.15) is 0 Å². The highest BCUT2D eigenvalue weighted by Gasteiger charge is 2.15. The fraction of sp³-hybridized carbons (Fsp3) is 0.647. The van der Waals surface area contributed by atoms with Crippen molar-refractivity contribution in [1.29, 1.82) is 0 Å². The smallest absolute Gasteiger partial charge is 0.00193 e. The Bertz CT molecular complexity index is 363. The van der Waals surface area contributed by atoms with Crippen molar-refractivity contribution in [3.05, 3.63) is 35.4 Å². The standard InChI is InChI=1S/C17H28N2/c1-14(2)17-6-4-15(5-7-17)9-11-19(3)13-16-8-10-18-12-16/h4-7,14,16,18H,8-13H2,1-3H3. The first-order valence-electron chi connectivity index (χ1n) is 7.63. The van der Waals surface area contributed by atoms with E-state index in [4.69, 9.17) is 0 Å². The van der Waals surface area contributed by atoms with Gasteiger partial charge in [-0.2, -0.15) is 0 Å². The molecule has 1 fully saturated rings. The summed E-state index contributed by atoms with van der Waals surface area (Å²) in [7, 11) is 2.25. The Morgan fingerprint density at radius 1 is 1.26 bits per heavy atom. The molecule has 0 aliphatic carbocycles. The number of nitrogens with zero attached hydrogens (tertiary/aromatic N) is 1. The molecule has 1 aliphatic heterocycles. The molecular weight excluding hydrogens is 232 g/mol. The Morgan fingerprint density at radius 3 is 2.58 bits per heavy atom. The van der Waals surface area contributed by atoms with Crippen molar-refractivity contribution in [3.63, 3.8) is 0 Å². The summed E-state index contributed by atoms with van der Waals surface area (Å²) in [5.41, 5.74) is 2.90. The Balaban J connectivity index is 1.74. The number of nitrogens with one attached hydrogen (secondary N) is 1. The minimum Gasteiger partial charge on any atom is -0.316 e. The molecule has 0 amide bonds. The monoisotopic (exact) mass is 260 g/mol. The molecule has 1 aromatic carbocycles. The van der Waals surface area contributed by atoms with Crippen LogP contribution in [0, 0.1) is 5.92 Å². The molecule has 0 spiro atoms. The number of hydrogen-bond donors (Lipinski definition) is 1. The quantitative estimate of drug-likeness (QED) is 0.846. The van der Waals surface area contributed by atoms with E-state index in [9.17, 15) is 0 Å². The van der Waals surface area contributed by atoms with Crippen LogP contribution >= 0.6 is 0 Å². The minimum atomic E-state index is 0.631.